The quantitative estimate of drug-likeness (QED) is 0.741. The van der Waals surface area contributed by atoms with Crippen molar-refractivity contribution in [2.24, 2.45) is 0 Å². The van der Waals surface area contributed by atoms with Crippen molar-refractivity contribution in [3.05, 3.63) is 10.7 Å². The van der Waals surface area contributed by atoms with Gasteiger partial charge in [-0.3, -0.25) is 4.68 Å². The van der Waals surface area contributed by atoms with Crippen LogP contribution in [0.2, 0.25) is 0 Å². The van der Waals surface area contributed by atoms with Crippen LogP contribution in [0.5, 0.6) is 0 Å². The van der Waals surface area contributed by atoms with Crippen LogP contribution in [0.3, 0.4) is 0 Å². The second-order valence-electron chi connectivity index (χ2n) is 2.81. The minimum Gasteiger partial charge on any atom is -0.464 e. The standard InChI is InChI=1S/C7H8BrN3O2/c8-4-3-11(10-6(4)9)5-1-2-13-7(5)12/h3,5H,1-2H2,(H2,9,10). The van der Waals surface area contributed by atoms with Gasteiger partial charge in [-0.2, -0.15) is 5.10 Å². The molecule has 2 N–H and O–H groups in total. The number of hydrogen-bond donors (Lipinski definition) is 1. The summed E-state index contributed by atoms with van der Waals surface area (Å²) in [7, 11) is 0. The fourth-order valence-corrected chi connectivity index (χ4v) is 1.56. The molecule has 2 heterocycles. The first-order chi connectivity index (χ1) is 6.18. The van der Waals surface area contributed by atoms with E-state index in [2.05, 4.69) is 21.0 Å². The molecular weight excluding hydrogens is 238 g/mol. The summed E-state index contributed by atoms with van der Waals surface area (Å²) in [6.07, 6.45) is 2.35. The number of hydrogen-bond acceptors (Lipinski definition) is 4. The van der Waals surface area contributed by atoms with Crippen LogP contribution in [0.15, 0.2) is 10.7 Å². The number of nitrogens with zero attached hydrogens (tertiary/aromatic N) is 2. The highest BCUT2D eigenvalue weighted by molar-refractivity contribution is 9.10. The minimum absolute atomic E-state index is 0.241. The number of rotatable bonds is 1. The molecule has 0 bridgehead atoms. The first kappa shape index (κ1) is 8.55. The summed E-state index contributed by atoms with van der Waals surface area (Å²) in [6, 6.07) is -0.311. The lowest BCUT2D eigenvalue weighted by Gasteiger charge is -2.03. The lowest BCUT2D eigenvalue weighted by molar-refractivity contribution is -0.140. The second-order valence-corrected chi connectivity index (χ2v) is 3.67. The van der Waals surface area contributed by atoms with Crippen molar-refractivity contribution in [1.82, 2.24) is 9.78 Å². The number of halogens is 1. The third-order valence-corrected chi connectivity index (χ3v) is 2.55. The van der Waals surface area contributed by atoms with E-state index in [9.17, 15) is 4.79 Å². The molecule has 70 valence electrons. The van der Waals surface area contributed by atoms with E-state index < -0.39 is 0 Å². The molecule has 13 heavy (non-hydrogen) atoms. The number of cyclic esters (lactones) is 1. The number of aromatic nitrogens is 2. The summed E-state index contributed by atoms with van der Waals surface area (Å²) in [5.74, 6) is 0.148. The molecule has 1 fully saturated rings. The average molecular weight is 246 g/mol. The van der Waals surface area contributed by atoms with Crippen LogP contribution in [-0.4, -0.2) is 22.4 Å². The molecule has 1 unspecified atom stereocenters. The Balaban J connectivity index is 2.29. The summed E-state index contributed by atoms with van der Waals surface area (Å²) in [5.41, 5.74) is 5.52. The Morgan fingerprint density at radius 3 is 3.00 bits per heavy atom. The molecule has 6 heteroatoms. The zero-order chi connectivity index (χ0) is 9.42. The van der Waals surface area contributed by atoms with Crippen molar-refractivity contribution in [3.63, 3.8) is 0 Å². The Bertz CT molecular complexity index is 330. The van der Waals surface area contributed by atoms with Crippen molar-refractivity contribution in [1.29, 1.82) is 0 Å². The lowest BCUT2D eigenvalue weighted by atomic mass is 10.3. The molecule has 1 saturated heterocycles. The molecule has 0 radical (unpaired) electrons. The van der Waals surface area contributed by atoms with E-state index in [0.717, 1.165) is 0 Å². The zero-order valence-corrected chi connectivity index (χ0v) is 8.32. The molecule has 5 nitrogen and oxygen atoms in total. The van der Waals surface area contributed by atoms with Crippen LogP contribution in [0, 0.1) is 0 Å². The third kappa shape index (κ3) is 1.41. The molecular formula is C7H8BrN3O2. The van der Waals surface area contributed by atoms with Gasteiger partial charge in [0, 0.05) is 12.6 Å². The summed E-state index contributed by atoms with van der Waals surface area (Å²) >= 11 is 3.22. The van der Waals surface area contributed by atoms with Crippen LogP contribution < -0.4 is 5.73 Å². The summed E-state index contributed by atoms with van der Waals surface area (Å²) < 4.78 is 7.05. The maximum atomic E-state index is 11.2. The van der Waals surface area contributed by atoms with Gasteiger partial charge in [-0.05, 0) is 15.9 Å². The zero-order valence-electron chi connectivity index (χ0n) is 6.74. The number of anilines is 1. The number of ether oxygens (including phenoxy) is 1. The van der Waals surface area contributed by atoms with Crippen molar-refractivity contribution >= 4 is 27.7 Å². The van der Waals surface area contributed by atoms with Gasteiger partial charge in [-0.15, -0.1) is 0 Å². The molecule has 1 aromatic heterocycles. The Hall–Kier alpha value is -1.04. The van der Waals surface area contributed by atoms with Gasteiger partial charge in [-0.25, -0.2) is 4.79 Å². The summed E-state index contributed by atoms with van der Waals surface area (Å²) in [5, 5.41) is 3.99. The molecule has 1 atom stereocenters. The first-order valence-electron chi connectivity index (χ1n) is 3.85. The molecule has 1 aromatic rings. The Morgan fingerprint density at radius 1 is 1.77 bits per heavy atom. The predicted molar refractivity (Wildman–Crippen MR) is 49.0 cm³/mol. The van der Waals surface area contributed by atoms with Gasteiger partial charge in [0.2, 0.25) is 0 Å². The number of carbonyl (C=O) groups excluding carboxylic acids is 1. The van der Waals surface area contributed by atoms with Crippen molar-refractivity contribution in [2.75, 3.05) is 12.3 Å². The largest absolute Gasteiger partial charge is 0.464 e. The van der Waals surface area contributed by atoms with Crippen LogP contribution in [0.1, 0.15) is 12.5 Å². The van der Waals surface area contributed by atoms with Crippen LogP contribution in [0.25, 0.3) is 0 Å². The Morgan fingerprint density at radius 2 is 2.54 bits per heavy atom. The Labute approximate surface area is 83.0 Å². The summed E-state index contributed by atoms with van der Waals surface area (Å²) in [6.45, 7) is 0.459. The first-order valence-corrected chi connectivity index (χ1v) is 4.64. The van der Waals surface area contributed by atoms with Crippen molar-refractivity contribution in [2.45, 2.75) is 12.5 Å². The van der Waals surface area contributed by atoms with E-state index >= 15 is 0 Å². The molecule has 2 rings (SSSR count). The monoisotopic (exact) mass is 245 g/mol. The van der Waals surface area contributed by atoms with E-state index in [4.69, 9.17) is 10.5 Å². The van der Waals surface area contributed by atoms with Crippen LogP contribution >= 0.6 is 15.9 Å². The highest BCUT2D eigenvalue weighted by Crippen LogP contribution is 2.24. The van der Waals surface area contributed by atoms with Gasteiger partial charge in [0.1, 0.15) is 0 Å². The van der Waals surface area contributed by atoms with Crippen molar-refractivity contribution < 1.29 is 9.53 Å². The third-order valence-electron chi connectivity index (χ3n) is 1.94. The van der Waals surface area contributed by atoms with E-state index in [-0.39, 0.29) is 12.0 Å². The lowest BCUT2D eigenvalue weighted by Crippen LogP contribution is -2.14. The molecule has 1 aliphatic rings. The molecule has 1 aliphatic heterocycles. The highest BCUT2D eigenvalue weighted by Gasteiger charge is 2.29. The van der Waals surface area contributed by atoms with Gasteiger partial charge in [0.05, 0.1) is 11.1 Å². The fraction of sp³-hybridized carbons (Fsp3) is 0.429. The van der Waals surface area contributed by atoms with Gasteiger partial charge < -0.3 is 10.5 Å². The number of nitrogens with two attached hydrogens (primary N) is 1. The predicted octanol–water partition coefficient (Wildman–Crippen LogP) is 0.716. The SMILES string of the molecule is Nc1nn(C2CCOC2=O)cc1Br. The van der Waals surface area contributed by atoms with Gasteiger partial charge in [-0.1, -0.05) is 0 Å². The van der Waals surface area contributed by atoms with E-state index in [1.54, 1.807) is 6.20 Å². The fourth-order valence-electron chi connectivity index (χ4n) is 1.27. The second kappa shape index (κ2) is 3.02. The smallest absolute Gasteiger partial charge is 0.331 e. The van der Waals surface area contributed by atoms with E-state index in [1.807, 2.05) is 0 Å². The molecule has 0 amide bonds. The maximum Gasteiger partial charge on any atom is 0.331 e. The van der Waals surface area contributed by atoms with Crippen LogP contribution in [0.4, 0.5) is 5.82 Å². The van der Waals surface area contributed by atoms with Gasteiger partial charge in [0.25, 0.3) is 0 Å². The molecule has 0 aromatic carbocycles. The highest BCUT2D eigenvalue weighted by atomic mass is 79.9. The van der Waals surface area contributed by atoms with Crippen LogP contribution in [-0.2, 0) is 9.53 Å². The number of nitrogen functional groups attached to an aromatic ring is 1. The van der Waals surface area contributed by atoms with Crippen molar-refractivity contribution in [3.8, 4) is 0 Å². The molecule has 0 aliphatic carbocycles. The van der Waals surface area contributed by atoms with E-state index in [0.29, 0.717) is 23.3 Å². The molecule has 0 spiro atoms. The topological polar surface area (TPSA) is 70.1 Å². The maximum absolute atomic E-state index is 11.2. The minimum atomic E-state index is -0.311. The molecule has 0 saturated carbocycles. The van der Waals surface area contributed by atoms with Gasteiger partial charge in [0.15, 0.2) is 11.9 Å². The summed E-state index contributed by atoms with van der Waals surface area (Å²) in [4.78, 5) is 11.2. The van der Waals surface area contributed by atoms with E-state index in [1.165, 1.54) is 4.68 Å². The average Bonchev–Trinajstić information content (AvgIpc) is 2.60. The van der Waals surface area contributed by atoms with Gasteiger partial charge >= 0.3 is 5.97 Å². The number of esters is 1. The normalized spacial score (nSPS) is 21.9. The Kier molecular flexibility index (Phi) is 1.99. The number of carbonyl (C=O) groups is 1.